The van der Waals surface area contributed by atoms with Crippen molar-refractivity contribution in [3.05, 3.63) is 47.3 Å². The van der Waals surface area contributed by atoms with Gasteiger partial charge in [0.05, 0.1) is 24.4 Å². The van der Waals surface area contributed by atoms with Crippen LogP contribution < -0.4 is 4.74 Å². The molecule has 1 N–H and O–H groups in total. The minimum Gasteiger partial charge on any atom is -0.491 e. The van der Waals surface area contributed by atoms with Crippen molar-refractivity contribution in [3.63, 3.8) is 0 Å². The molecule has 5 nitrogen and oxygen atoms in total. The number of para-hydroxylation sites is 1. The SMILES string of the molecule is CCCOc1cccc2c1[nH]c(=S)n2Cc1ccncn1. The predicted octanol–water partition coefficient (Wildman–Crippen LogP) is 3.33. The molecule has 0 amide bonds. The number of hydrogen-bond acceptors (Lipinski definition) is 4. The number of ether oxygens (including phenoxy) is 1. The maximum atomic E-state index is 5.77. The smallest absolute Gasteiger partial charge is 0.178 e. The second-order valence-corrected chi connectivity index (χ2v) is 5.10. The van der Waals surface area contributed by atoms with Crippen LogP contribution in [0.15, 0.2) is 36.8 Å². The first kappa shape index (κ1) is 13.8. The van der Waals surface area contributed by atoms with Gasteiger partial charge in [-0.2, -0.15) is 0 Å². The molecule has 0 aliphatic rings. The molecule has 0 atom stereocenters. The molecule has 2 heterocycles. The van der Waals surface area contributed by atoms with Gasteiger partial charge in [-0.25, -0.2) is 9.97 Å². The highest BCUT2D eigenvalue weighted by molar-refractivity contribution is 7.71. The fourth-order valence-electron chi connectivity index (χ4n) is 2.22. The van der Waals surface area contributed by atoms with E-state index in [1.54, 1.807) is 12.5 Å². The van der Waals surface area contributed by atoms with E-state index in [4.69, 9.17) is 17.0 Å². The number of rotatable bonds is 5. The highest BCUT2D eigenvalue weighted by Gasteiger charge is 2.10. The molecule has 0 aliphatic heterocycles. The van der Waals surface area contributed by atoms with E-state index in [9.17, 15) is 0 Å². The Labute approximate surface area is 127 Å². The Bertz CT molecular complexity index is 794. The first-order valence-corrected chi connectivity index (χ1v) is 7.29. The van der Waals surface area contributed by atoms with Crippen LogP contribution in [0.1, 0.15) is 19.0 Å². The number of hydrogen-bond donors (Lipinski definition) is 1. The lowest BCUT2D eigenvalue weighted by Gasteiger charge is -2.07. The Hall–Kier alpha value is -2.21. The first-order chi connectivity index (χ1) is 10.3. The lowest BCUT2D eigenvalue weighted by Crippen LogP contribution is -2.02. The van der Waals surface area contributed by atoms with Crippen LogP contribution in [-0.2, 0) is 6.54 Å². The van der Waals surface area contributed by atoms with E-state index >= 15 is 0 Å². The number of aromatic nitrogens is 4. The highest BCUT2D eigenvalue weighted by atomic mass is 32.1. The van der Waals surface area contributed by atoms with Crippen LogP contribution in [0.25, 0.3) is 11.0 Å². The van der Waals surface area contributed by atoms with Gasteiger partial charge in [-0.1, -0.05) is 13.0 Å². The largest absolute Gasteiger partial charge is 0.491 e. The van der Waals surface area contributed by atoms with E-state index in [0.29, 0.717) is 17.9 Å². The fraction of sp³-hybridized carbons (Fsp3) is 0.267. The minimum absolute atomic E-state index is 0.610. The van der Waals surface area contributed by atoms with Crippen molar-refractivity contribution in [2.45, 2.75) is 19.9 Å². The summed E-state index contributed by atoms with van der Waals surface area (Å²) >= 11 is 5.43. The molecule has 0 saturated carbocycles. The maximum Gasteiger partial charge on any atom is 0.178 e. The average molecular weight is 300 g/mol. The summed E-state index contributed by atoms with van der Waals surface area (Å²) in [6.07, 6.45) is 4.25. The molecule has 6 heteroatoms. The lowest BCUT2D eigenvalue weighted by molar-refractivity contribution is 0.320. The summed E-state index contributed by atoms with van der Waals surface area (Å²) in [5.74, 6) is 0.835. The lowest BCUT2D eigenvalue weighted by atomic mass is 10.3. The van der Waals surface area contributed by atoms with Gasteiger partial charge in [0.1, 0.15) is 17.6 Å². The maximum absolute atomic E-state index is 5.77. The standard InChI is InChI=1S/C15H16N4OS/c1-2-8-20-13-5-3-4-12-14(13)18-15(21)19(12)9-11-6-7-16-10-17-11/h3-7,10H,2,8-9H2,1H3,(H,18,21). The minimum atomic E-state index is 0.610. The van der Waals surface area contributed by atoms with Crippen LogP contribution >= 0.6 is 12.2 Å². The Morgan fingerprint density at radius 2 is 2.24 bits per heavy atom. The molecule has 0 radical (unpaired) electrons. The molecule has 3 aromatic rings. The van der Waals surface area contributed by atoms with Gasteiger partial charge < -0.3 is 14.3 Å². The van der Waals surface area contributed by atoms with Crippen molar-refractivity contribution in [3.8, 4) is 5.75 Å². The van der Waals surface area contributed by atoms with Crippen molar-refractivity contribution in [1.82, 2.24) is 19.5 Å². The van der Waals surface area contributed by atoms with E-state index in [2.05, 4.69) is 21.9 Å². The Morgan fingerprint density at radius 1 is 1.33 bits per heavy atom. The first-order valence-electron chi connectivity index (χ1n) is 6.89. The van der Waals surface area contributed by atoms with Gasteiger partial charge >= 0.3 is 0 Å². The topological polar surface area (TPSA) is 55.7 Å². The van der Waals surface area contributed by atoms with Crippen molar-refractivity contribution < 1.29 is 4.74 Å². The number of benzene rings is 1. The monoisotopic (exact) mass is 300 g/mol. The van der Waals surface area contributed by atoms with Gasteiger partial charge in [0.25, 0.3) is 0 Å². The zero-order valence-corrected chi connectivity index (χ0v) is 12.6. The van der Waals surface area contributed by atoms with Crippen LogP contribution in [0, 0.1) is 4.77 Å². The molecule has 21 heavy (non-hydrogen) atoms. The van der Waals surface area contributed by atoms with Gasteiger partial charge in [-0.05, 0) is 36.8 Å². The summed E-state index contributed by atoms with van der Waals surface area (Å²) in [4.78, 5) is 11.4. The number of H-pyrrole nitrogens is 1. The van der Waals surface area contributed by atoms with Gasteiger partial charge in [0, 0.05) is 6.20 Å². The van der Waals surface area contributed by atoms with Gasteiger partial charge in [0.2, 0.25) is 0 Å². The number of nitrogens with one attached hydrogen (secondary N) is 1. The number of nitrogens with zero attached hydrogens (tertiary/aromatic N) is 3. The van der Waals surface area contributed by atoms with Crippen LogP contribution in [0.2, 0.25) is 0 Å². The van der Waals surface area contributed by atoms with Crippen molar-refractivity contribution in [2.24, 2.45) is 0 Å². The molecule has 3 rings (SSSR count). The fourth-order valence-corrected chi connectivity index (χ4v) is 2.48. The number of aromatic amines is 1. The van der Waals surface area contributed by atoms with Crippen LogP contribution in [0.4, 0.5) is 0 Å². The van der Waals surface area contributed by atoms with E-state index < -0.39 is 0 Å². The summed E-state index contributed by atoms with van der Waals surface area (Å²) in [7, 11) is 0. The van der Waals surface area contributed by atoms with Crippen LogP contribution in [0.3, 0.4) is 0 Å². The second-order valence-electron chi connectivity index (χ2n) is 4.72. The molecule has 0 fully saturated rings. The molecule has 0 unspecified atom stereocenters. The normalized spacial score (nSPS) is 10.9. The molecular weight excluding hydrogens is 284 g/mol. The van der Waals surface area contributed by atoms with E-state index in [1.165, 1.54) is 0 Å². The Morgan fingerprint density at radius 3 is 3.00 bits per heavy atom. The molecular formula is C15H16N4OS. The molecule has 108 valence electrons. The number of fused-ring (bicyclic) bond motifs is 1. The molecule has 2 aromatic heterocycles. The van der Waals surface area contributed by atoms with Gasteiger partial charge in [-0.15, -0.1) is 0 Å². The molecule has 1 aromatic carbocycles. The van der Waals surface area contributed by atoms with Gasteiger partial charge in [-0.3, -0.25) is 0 Å². The Kier molecular flexibility index (Phi) is 3.96. The molecule has 0 aliphatic carbocycles. The van der Waals surface area contributed by atoms with Crippen LogP contribution in [0.5, 0.6) is 5.75 Å². The Balaban J connectivity index is 2.03. The zero-order valence-electron chi connectivity index (χ0n) is 11.7. The predicted molar refractivity (Wildman–Crippen MR) is 84.0 cm³/mol. The number of imidazole rings is 1. The van der Waals surface area contributed by atoms with E-state index in [0.717, 1.165) is 28.9 Å². The quantitative estimate of drug-likeness (QED) is 0.734. The summed E-state index contributed by atoms with van der Waals surface area (Å²) in [5.41, 5.74) is 2.87. The zero-order chi connectivity index (χ0) is 14.7. The van der Waals surface area contributed by atoms with Crippen molar-refractivity contribution in [1.29, 1.82) is 0 Å². The summed E-state index contributed by atoms with van der Waals surface area (Å²) in [5, 5.41) is 0. The van der Waals surface area contributed by atoms with Crippen LogP contribution in [-0.4, -0.2) is 26.1 Å². The third kappa shape index (κ3) is 2.80. The second kappa shape index (κ2) is 6.05. The molecule has 0 spiro atoms. The average Bonchev–Trinajstić information content (AvgIpc) is 2.83. The van der Waals surface area contributed by atoms with Crippen molar-refractivity contribution >= 4 is 23.3 Å². The summed E-state index contributed by atoms with van der Waals surface area (Å²) < 4.78 is 8.45. The molecule has 0 saturated heterocycles. The summed E-state index contributed by atoms with van der Waals surface area (Å²) in [6.45, 7) is 3.39. The third-order valence-electron chi connectivity index (χ3n) is 3.20. The van der Waals surface area contributed by atoms with Crippen molar-refractivity contribution in [2.75, 3.05) is 6.61 Å². The summed E-state index contributed by atoms with van der Waals surface area (Å²) in [6, 6.07) is 7.85. The highest BCUT2D eigenvalue weighted by Crippen LogP contribution is 2.25. The third-order valence-corrected chi connectivity index (χ3v) is 3.52. The van der Waals surface area contributed by atoms with E-state index in [1.807, 2.05) is 28.8 Å². The van der Waals surface area contributed by atoms with E-state index in [-0.39, 0.29) is 0 Å². The molecule has 0 bridgehead atoms. The van der Waals surface area contributed by atoms with Gasteiger partial charge in [0.15, 0.2) is 4.77 Å².